The zero-order valence-corrected chi connectivity index (χ0v) is 15.6. The zero-order valence-electron chi connectivity index (χ0n) is 15.6. The third-order valence-corrected chi connectivity index (χ3v) is 4.76. The second-order valence-corrected chi connectivity index (χ2v) is 6.52. The summed E-state index contributed by atoms with van der Waals surface area (Å²) in [5.74, 6) is -0.398. The quantitative estimate of drug-likeness (QED) is 0.286. The van der Waals surface area contributed by atoms with Gasteiger partial charge >= 0.3 is 5.97 Å². The predicted octanol–water partition coefficient (Wildman–Crippen LogP) is -0.825. The van der Waals surface area contributed by atoms with Gasteiger partial charge in [-0.25, -0.2) is 14.8 Å². The highest BCUT2D eigenvalue weighted by Gasteiger charge is 2.53. The second kappa shape index (κ2) is 7.36. The minimum absolute atomic E-state index is 0.114. The Kier molecular flexibility index (Phi) is 5.26. The van der Waals surface area contributed by atoms with Crippen LogP contribution in [0.3, 0.4) is 0 Å². The molecule has 11 heteroatoms. The number of hydrogen-bond acceptors (Lipinski definition) is 10. The molecule has 1 aliphatic heterocycles. The molecule has 11 nitrogen and oxygen atoms in total. The fourth-order valence-corrected chi connectivity index (χ4v) is 3.28. The summed E-state index contributed by atoms with van der Waals surface area (Å²) >= 11 is 0. The molecule has 0 aromatic carbocycles. The third-order valence-electron chi connectivity index (χ3n) is 4.76. The second-order valence-electron chi connectivity index (χ2n) is 6.52. The van der Waals surface area contributed by atoms with Crippen LogP contribution in [0.25, 0.3) is 16.8 Å². The van der Waals surface area contributed by atoms with Gasteiger partial charge in [0.05, 0.1) is 32.3 Å². The SMILES string of the molecule is COC(=O)/C=C(\OC)c1cn([C@@H]2O[C@H](CO)[C@@H](O)[C@@]2(C)O)c2ncnc(N)c12. The lowest BCUT2D eigenvalue weighted by atomic mass is 9.96. The molecule has 3 heterocycles. The van der Waals surface area contributed by atoms with Crippen LogP contribution in [0, 0.1) is 0 Å². The number of anilines is 1. The van der Waals surface area contributed by atoms with Crippen molar-refractivity contribution in [1.82, 2.24) is 14.5 Å². The largest absolute Gasteiger partial charge is 0.496 e. The molecule has 1 aliphatic rings. The highest BCUT2D eigenvalue weighted by atomic mass is 16.6. The first-order valence-corrected chi connectivity index (χ1v) is 8.38. The number of carbonyl (C=O) groups excluding carboxylic acids is 1. The normalized spacial score (nSPS) is 27.9. The van der Waals surface area contributed by atoms with Gasteiger partial charge in [-0.3, -0.25) is 0 Å². The number of esters is 1. The fraction of sp³-hybridized carbons (Fsp3) is 0.471. The Bertz CT molecular complexity index is 924. The van der Waals surface area contributed by atoms with Gasteiger partial charge in [0.25, 0.3) is 0 Å². The van der Waals surface area contributed by atoms with Crippen LogP contribution in [0.2, 0.25) is 0 Å². The first-order valence-electron chi connectivity index (χ1n) is 8.38. The minimum Gasteiger partial charge on any atom is -0.496 e. The molecule has 0 unspecified atom stereocenters. The molecule has 4 atom stereocenters. The molecule has 1 fully saturated rings. The predicted molar refractivity (Wildman–Crippen MR) is 96.6 cm³/mol. The van der Waals surface area contributed by atoms with Crippen LogP contribution in [0.4, 0.5) is 5.82 Å². The number of hydrogen-bond donors (Lipinski definition) is 4. The molecule has 0 spiro atoms. The molecule has 28 heavy (non-hydrogen) atoms. The van der Waals surface area contributed by atoms with Gasteiger partial charge in [-0.1, -0.05) is 0 Å². The van der Waals surface area contributed by atoms with E-state index in [1.54, 1.807) is 0 Å². The van der Waals surface area contributed by atoms with Gasteiger partial charge in [-0.05, 0) is 6.92 Å². The summed E-state index contributed by atoms with van der Waals surface area (Å²) in [6, 6.07) is 0. The van der Waals surface area contributed by atoms with Gasteiger partial charge in [0, 0.05) is 11.8 Å². The van der Waals surface area contributed by atoms with Gasteiger partial charge < -0.3 is 39.8 Å². The van der Waals surface area contributed by atoms with E-state index in [1.165, 1.54) is 38.2 Å². The van der Waals surface area contributed by atoms with Crippen LogP contribution >= 0.6 is 0 Å². The first kappa shape index (κ1) is 20.0. The van der Waals surface area contributed by atoms with E-state index in [2.05, 4.69) is 14.7 Å². The number of carbonyl (C=O) groups is 1. The average Bonchev–Trinajstić information content (AvgIpc) is 3.16. The average molecular weight is 394 g/mol. The van der Waals surface area contributed by atoms with Crippen molar-refractivity contribution in [2.24, 2.45) is 0 Å². The molecule has 5 N–H and O–H groups in total. The number of ether oxygens (including phenoxy) is 3. The van der Waals surface area contributed by atoms with Crippen molar-refractivity contribution >= 4 is 28.6 Å². The molecule has 2 aromatic heterocycles. The van der Waals surface area contributed by atoms with Crippen LogP contribution in [-0.2, 0) is 19.0 Å². The van der Waals surface area contributed by atoms with Crippen LogP contribution in [0.15, 0.2) is 18.6 Å². The van der Waals surface area contributed by atoms with E-state index >= 15 is 0 Å². The minimum atomic E-state index is -1.74. The van der Waals surface area contributed by atoms with Crippen molar-refractivity contribution in [3.05, 3.63) is 24.2 Å². The van der Waals surface area contributed by atoms with E-state index in [9.17, 15) is 20.1 Å². The van der Waals surface area contributed by atoms with Crippen molar-refractivity contribution in [2.75, 3.05) is 26.6 Å². The van der Waals surface area contributed by atoms with E-state index in [0.29, 0.717) is 10.9 Å². The number of nitrogens with zero attached hydrogens (tertiary/aromatic N) is 3. The number of rotatable bonds is 5. The highest BCUT2D eigenvalue weighted by Crippen LogP contribution is 2.41. The Morgan fingerprint density at radius 3 is 2.71 bits per heavy atom. The van der Waals surface area contributed by atoms with E-state index < -0.39 is 36.6 Å². The number of fused-ring (bicyclic) bond motifs is 1. The molecule has 0 aliphatic carbocycles. The molecule has 0 amide bonds. The molecule has 2 aromatic rings. The van der Waals surface area contributed by atoms with Crippen LogP contribution < -0.4 is 5.73 Å². The summed E-state index contributed by atoms with van der Waals surface area (Å²) in [6.45, 7) is 0.901. The van der Waals surface area contributed by atoms with E-state index in [4.69, 9.17) is 15.2 Å². The van der Waals surface area contributed by atoms with Crippen molar-refractivity contribution in [2.45, 2.75) is 31.0 Å². The summed E-state index contributed by atoms with van der Waals surface area (Å²) in [6.07, 6.45) is 0.450. The Morgan fingerprint density at radius 2 is 2.14 bits per heavy atom. The van der Waals surface area contributed by atoms with E-state index in [1.807, 2.05) is 0 Å². The van der Waals surface area contributed by atoms with Gasteiger partial charge in [0.15, 0.2) is 6.23 Å². The smallest absolute Gasteiger partial charge is 0.334 e. The summed E-state index contributed by atoms with van der Waals surface area (Å²) in [5.41, 5.74) is 4.92. The molecule has 3 rings (SSSR count). The number of aromatic nitrogens is 3. The lowest BCUT2D eigenvalue weighted by Gasteiger charge is -2.27. The maximum absolute atomic E-state index is 11.7. The standard InChI is InChI=1S/C17H22N4O7/c1-17(25)13(24)10(6-22)28-16(17)21-5-8(9(26-2)4-11(23)27-3)12-14(18)19-7-20-15(12)21/h4-5,7,10,13,16,22,24-25H,6H2,1-3H3,(H2,18,19,20)/b9-4-/t10-,13-,16-,17-/m1/s1. The maximum Gasteiger partial charge on any atom is 0.334 e. The van der Waals surface area contributed by atoms with Crippen LogP contribution in [-0.4, -0.2) is 74.5 Å². The number of methoxy groups -OCH3 is 2. The number of nitrogen functional groups attached to an aromatic ring is 1. The highest BCUT2D eigenvalue weighted by molar-refractivity contribution is 6.00. The van der Waals surface area contributed by atoms with Gasteiger partial charge in [0.2, 0.25) is 0 Å². The topological polar surface area (TPSA) is 162 Å². The van der Waals surface area contributed by atoms with E-state index in [-0.39, 0.29) is 17.2 Å². The van der Waals surface area contributed by atoms with Gasteiger partial charge in [-0.15, -0.1) is 0 Å². The molecule has 1 saturated heterocycles. The third kappa shape index (κ3) is 3.07. The van der Waals surface area contributed by atoms with Gasteiger partial charge in [0.1, 0.15) is 41.4 Å². The molecule has 0 saturated carbocycles. The summed E-state index contributed by atoms with van der Waals surface area (Å²) < 4.78 is 17.1. The Labute approximate surface area is 160 Å². The molecular weight excluding hydrogens is 372 g/mol. The number of aliphatic hydroxyl groups is 3. The fourth-order valence-electron chi connectivity index (χ4n) is 3.28. The lowest BCUT2D eigenvalue weighted by Crippen LogP contribution is -2.44. The Morgan fingerprint density at radius 1 is 1.43 bits per heavy atom. The zero-order chi connectivity index (χ0) is 20.6. The Balaban J connectivity index is 2.22. The summed E-state index contributed by atoms with van der Waals surface area (Å²) in [5, 5.41) is 30.9. The molecule has 0 bridgehead atoms. The summed E-state index contributed by atoms with van der Waals surface area (Å²) in [4.78, 5) is 19.9. The number of aliphatic hydroxyl groups excluding tert-OH is 2. The summed E-state index contributed by atoms with van der Waals surface area (Å²) in [7, 11) is 2.60. The van der Waals surface area contributed by atoms with Gasteiger partial charge in [-0.2, -0.15) is 0 Å². The van der Waals surface area contributed by atoms with E-state index in [0.717, 1.165) is 6.08 Å². The Hall–Kier alpha value is -2.73. The lowest BCUT2D eigenvalue weighted by molar-refractivity contribution is -0.134. The number of nitrogens with two attached hydrogens (primary N) is 1. The van der Waals surface area contributed by atoms with Crippen molar-refractivity contribution in [1.29, 1.82) is 0 Å². The molecular formula is C17H22N4O7. The van der Waals surface area contributed by atoms with Crippen molar-refractivity contribution in [3.8, 4) is 0 Å². The monoisotopic (exact) mass is 394 g/mol. The van der Waals surface area contributed by atoms with Crippen LogP contribution in [0.5, 0.6) is 0 Å². The maximum atomic E-state index is 11.7. The van der Waals surface area contributed by atoms with Crippen molar-refractivity contribution < 1.29 is 34.3 Å². The first-order chi connectivity index (χ1) is 13.3. The van der Waals surface area contributed by atoms with Crippen LogP contribution in [0.1, 0.15) is 18.7 Å². The van der Waals surface area contributed by atoms with Crippen molar-refractivity contribution in [3.63, 3.8) is 0 Å². The molecule has 152 valence electrons. The molecule has 0 radical (unpaired) electrons.